The van der Waals surface area contributed by atoms with Gasteiger partial charge in [0.2, 0.25) is 0 Å². The Balaban J connectivity index is 2.17. The third-order valence-electron chi connectivity index (χ3n) is 2.89. The molecule has 1 aliphatic heterocycles. The van der Waals surface area contributed by atoms with Gasteiger partial charge >= 0.3 is 5.97 Å². The second-order valence-electron chi connectivity index (χ2n) is 4.03. The van der Waals surface area contributed by atoms with Gasteiger partial charge in [-0.1, -0.05) is 0 Å². The van der Waals surface area contributed by atoms with E-state index in [2.05, 4.69) is 5.32 Å². The molecule has 92 valence electrons. The zero-order valence-corrected chi connectivity index (χ0v) is 10.2. The molecule has 5 nitrogen and oxygen atoms in total. The molecule has 0 aliphatic carbocycles. The molecule has 17 heavy (non-hydrogen) atoms. The molecule has 0 bridgehead atoms. The van der Waals surface area contributed by atoms with Crippen LogP contribution in [0, 0.1) is 6.92 Å². The summed E-state index contributed by atoms with van der Waals surface area (Å²) in [7, 11) is 0. The quantitative estimate of drug-likeness (QED) is 0.850. The Labute approximate surface area is 103 Å². The molecule has 1 unspecified atom stereocenters. The van der Waals surface area contributed by atoms with Gasteiger partial charge in [0.15, 0.2) is 0 Å². The predicted molar refractivity (Wildman–Crippen MR) is 63.2 cm³/mol. The van der Waals surface area contributed by atoms with Crippen molar-refractivity contribution in [2.45, 2.75) is 18.9 Å². The minimum absolute atomic E-state index is 0.388. The van der Waals surface area contributed by atoms with E-state index in [9.17, 15) is 14.7 Å². The number of aliphatic carboxylic acids is 1. The van der Waals surface area contributed by atoms with E-state index >= 15 is 0 Å². The summed E-state index contributed by atoms with van der Waals surface area (Å²) >= 11 is 1.53. The van der Waals surface area contributed by atoms with Gasteiger partial charge in [-0.15, -0.1) is 0 Å². The molecule has 0 saturated carbocycles. The molecular formula is C11H13NO4S. The summed E-state index contributed by atoms with van der Waals surface area (Å²) in [5, 5.41) is 11.8. The second-order valence-corrected chi connectivity index (χ2v) is 5.14. The van der Waals surface area contributed by atoms with E-state index in [0.29, 0.717) is 23.5 Å². The number of carbonyl (C=O) groups excluding carboxylic acids is 1. The van der Waals surface area contributed by atoms with Crippen molar-refractivity contribution in [2.75, 3.05) is 11.5 Å². The molecule has 1 atom stereocenters. The first-order valence-corrected chi connectivity index (χ1v) is 6.38. The Bertz CT molecular complexity index is 448. The number of carboxylic acid groups (broad SMARTS) is 1. The van der Waals surface area contributed by atoms with Crippen LogP contribution in [0.15, 0.2) is 16.7 Å². The van der Waals surface area contributed by atoms with Crippen LogP contribution in [0.5, 0.6) is 0 Å². The zero-order valence-electron chi connectivity index (χ0n) is 9.36. The van der Waals surface area contributed by atoms with Crippen LogP contribution in [0.4, 0.5) is 0 Å². The van der Waals surface area contributed by atoms with Crippen LogP contribution in [-0.4, -0.2) is 34.0 Å². The zero-order chi connectivity index (χ0) is 12.5. The van der Waals surface area contributed by atoms with E-state index in [1.807, 2.05) is 0 Å². The summed E-state index contributed by atoms with van der Waals surface area (Å²) in [6.45, 7) is 1.67. The molecule has 1 fully saturated rings. The number of carboxylic acids is 1. The van der Waals surface area contributed by atoms with Gasteiger partial charge in [0.05, 0.1) is 11.8 Å². The van der Waals surface area contributed by atoms with Gasteiger partial charge in [-0.25, -0.2) is 4.79 Å². The molecule has 1 aliphatic rings. The Kier molecular flexibility index (Phi) is 3.15. The van der Waals surface area contributed by atoms with Gasteiger partial charge in [0.1, 0.15) is 11.3 Å². The monoisotopic (exact) mass is 255 g/mol. The molecule has 1 aromatic rings. The van der Waals surface area contributed by atoms with Gasteiger partial charge in [0, 0.05) is 5.75 Å². The summed E-state index contributed by atoms with van der Waals surface area (Å²) in [4.78, 5) is 23.2. The normalized spacial score (nSPS) is 23.6. The first-order chi connectivity index (χ1) is 8.05. The highest BCUT2D eigenvalue weighted by atomic mass is 32.2. The average molecular weight is 255 g/mol. The standard InChI is InChI=1S/C11H13NO4S/c1-7-8(2-4-16-7)9(13)12-11(10(14)15)3-5-17-6-11/h2,4H,3,5-6H2,1H3,(H,12,13)(H,14,15). The van der Waals surface area contributed by atoms with Crippen LogP contribution in [0.3, 0.4) is 0 Å². The van der Waals surface area contributed by atoms with Crippen molar-refractivity contribution in [1.29, 1.82) is 0 Å². The Morgan fingerprint density at radius 1 is 1.59 bits per heavy atom. The van der Waals surface area contributed by atoms with Crippen LogP contribution < -0.4 is 5.32 Å². The van der Waals surface area contributed by atoms with E-state index in [-0.39, 0.29) is 5.91 Å². The number of carbonyl (C=O) groups is 2. The maximum Gasteiger partial charge on any atom is 0.330 e. The number of hydrogen-bond acceptors (Lipinski definition) is 4. The Morgan fingerprint density at radius 2 is 2.35 bits per heavy atom. The number of amides is 1. The van der Waals surface area contributed by atoms with Gasteiger partial charge in [-0.3, -0.25) is 4.79 Å². The smallest absolute Gasteiger partial charge is 0.330 e. The molecule has 0 aromatic carbocycles. The number of rotatable bonds is 3. The van der Waals surface area contributed by atoms with Crippen molar-refractivity contribution in [1.82, 2.24) is 5.32 Å². The third kappa shape index (κ3) is 2.17. The molecule has 1 amide bonds. The van der Waals surface area contributed by atoms with E-state index in [1.165, 1.54) is 18.0 Å². The molecule has 2 heterocycles. The maximum absolute atomic E-state index is 11.9. The summed E-state index contributed by atoms with van der Waals surface area (Å²) in [6.07, 6.45) is 1.87. The van der Waals surface area contributed by atoms with Crippen LogP contribution in [0.1, 0.15) is 22.5 Å². The minimum Gasteiger partial charge on any atom is -0.479 e. The fourth-order valence-electron chi connectivity index (χ4n) is 1.79. The number of aryl methyl sites for hydroxylation is 1. The minimum atomic E-state index is -1.13. The molecule has 6 heteroatoms. The van der Waals surface area contributed by atoms with Crippen molar-refractivity contribution in [3.8, 4) is 0 Å². The lowest BCUT2D eigenvalue weighted by Gasteiger charge is -2.24. The summed E-state index contributed by atoms with van der Waals surface area (Å²) in [6, 6.07) is 1.54. The molecule has 0 spiro atoms. The topological polar surface area (TPSA) is 79.5 Å². The van der Waals surface area contributed by atoms with E-state index in [1.54, 1.807) is 13.0 Å². The molecule has 2 rings (SSSR count). The second kappa shape index (κ2) is 4.44. The van der Waals surface area contributed by atoms with Crippen molar-refractivity contribution in [3.63, 3.8) is 0 Å². The third-order valence-corrected chi connectivity index (χ3v) is 4.08. The Morgan fingerprint density at radius 3 is 2.82 bits per heavy atom. The maximum atomic E-state index is 11.9. The van der Waals surface area contributed by atoms with E-state index in [0.717, 1.165) is 5.75 Å². The summed E-state index contributed by atoms with van der Waals surface area (Å²) in [5.74, 6) is 0.286. The van der Waals surface area contributed by atoms with Crippen LogP contribution in [-0.2, 0) is 4.79 Å². The van der Waals surface area contributed by atoms with Gasteiger partial charge < -0.3 is 14.8 Å². The molecule has 0 radical (unpaired) electrons. The average Bonchev–Trinajstić information content (AvgIpc) is 2.87. The fraction of sp³-hybridized carbons (Fsp3) is 0.455. The molecule has 2 N–H and O–H groups in total. The van der Waals surface area contributed by atoms with Gasteiger partial charge in [-0.2, -0.15) is 11.8 Å². The lowest BCUT2D eigenvalue weighted by atomic mass is 9.98. The Hall–Kier alpha value is -1.43. The highest BCUT2D eigenvalue weighted by Gasteiger charge is 2.43. The van der Waals surface area contributed by atoms with Gasteiger partial charge in [0.25, 0.3) is 5.91 Å². The predicted octanol–water partition coefficient (Wildman–Crippen LogP) is 1.28. The summed E-state index contributed by atoms with van der Waals surface area (Å²) < 4.78 is 5.03. The van der Waals surface area contributed by atoms with Crippen LogP contribution >= 0.6 is 11.8 Å². The molecular weight excluding hydrogens is 242 g/mol. The fourth-order valence-corrected chi connectivity index (χ4v) is 3.12. The lowest BCUT2D eigenvalue weighted by Crippen LogP contribution is -2.54. The van der Waals surface area contributed by atoms with Crippen LogP contribution in [0.2, 0.25) is 0 Å². The van der Waals surface area contributed by atoms with Gasteiger partial charge in [-0.05, 0) is 25.2 Å². The number of hydrogen-bond donors (Lipinski definition) is 2. The first-order valence-electron chi connectivity index (χ1n) is 5.23. The number of furan rings is 1. The van der Waals surface area contributed by atoms with Crippen molar-refractivity contribution in [3.05, 3.63) is 23.7 Å². The molecule has 1 saturated heterocycles. The number of thioether (sulfide) groups is 1. The highest BCUT2D eigenvalue weighted by molar-refractivity contribution is 7.99. The lowest BCUT2D eigenvalue weighted by molar-refractivity contribution is -0.143. The largest absolute Gasteiger partial charge is 0.479 e. The first kappa shape index (κ1) is 12.0. The van der Waals surface area contributed by atoms with Crippen molar-refractivity contribution >= 4 is 23.6 Å². The SMILES string of the molecule is Cc1occc1C(=O)NC1(C(=O)O)CCSC1. The van der Waals surface area contributed by atoms with E-state index < -0.39 is 11.5 Å². The molecule has 1 aromatic heterocycles. The van der Waals surface area contributed by atoms with Crippen molar-refractivity contribution < 1.29 is 19.1 Å². The van der Waals surface area contributed by atoms with E-state index in [4.69, 9.17) is 4.42 Å². The van der Waals surface area contributed by atoms with Crippen LogP contribution in [0.25, 0.3) is 0 Å². The highest BCUT2D eigenvalue weighted by Crippen LogP contribution is 2.28. The summed E-state index contributed by atoms with van der Waals surface area (Å²) in [5.41, 5.74) is -0.742. The number of nitrogens with one attached hydrogen (secondary N) is 1. The van der Waals surface area contributed by atoms with Crippen molar-refractivity contribution in [2.24, 2.45) is 0 Å².